The lowest BCUT2D eigenvalue weighted by atomic mass is 9.72. The number of phenolic OH excluding ortho intramolecular Hbond substituents is 1. The van der Waals surface area contributed by atoms with Crippen molar-refractivity contribution in [3.63, 3.8) is 0 Å². The number of aromatic hydroxyl groups is 1. The summed E-state index contributed by atoms with van der Waals surface area (Å²) in [7, 11) is 0. The lowest BCUT2D eigenvalue weighted by molar-refractivity contribution is -0.0671. The first kappa shape index (κ1) is 13.7. The summed E-state index contributed by atoms with van der Waals surface area (Å²) < 4.78 is 6.33. The zero-order chi connectivity index (χ0) is 14.3. The van der Waals surface area contributed by atoms with Gasteiger partial charge in [-0.3, -0.25) is 0 Å². The van der Waals surface area contributed by atoms with Crippen LogP contribution in [0.2, 0.25) is 0 Å². The molecule has 2 N–H and O–H groups in total. The Kier molecular flexibility index (Phi) is 3.38. The molecule has 4 nitrogen and oxygen atoms in total. The number of nitrogens with one attached hydrogen (secondary N) is 1. The summed E-state index contributed by atoms with van der Waals surface area (Å²) in [6.07, 6.45) is 4.35. The summed E-state index contributed by atoms with van der Waals surface area (Å²) in [6, 6.07) is 1.91. The van der Waals surface area contributed by atoms with E-state index in [0.29, 0.717) is 12.4 Å². The summed E-state index contributed by atoms with van der Waals surface area (Å²) in [5, 5.41) is 10.1. The van der Waals surface area contributed by atoms with Crippen LogP contribution in [0, 0.1) is 13.8 Å². The second-order valence-electron chi connectivity index (χ2n) is 6.01. The molecule has 0 saturated heterocycles. The molecule has 110 valence electrons. The van der Waals surface area contributed by atoms with Crippen molar-refractivity contribution in [3.8, 4) is 11.5 Å². The first-order valence-corrected chi connectivity index (χ1v) is 7.46. The number of rotatable bonds is 3. The van der Waals surface area contributed by atoms with Gasteiger partial charge >= 0.3 is 0 Å². The number of hydrogen-bond acceptors (Lipinski definition) is 4. The second-order valence-corrected chi connectivity index (χ2v) is 6.01. The predicted molar refractivity (Wildman–Crippen MR) is 76.9 cm³/mol. The standard InChI is InChI=1S/C16H23NO3/c1-4-19-17-13-9-16(6-5-7-16)20-15-11(3)10(2)14(18)8-12(13)15/h8,13,17-18H,4-7,9H2,1-3H3. The number of hydroxylamine groups is 1. The topological polar surface area (TPSA) is 50.7 Å². The highest BCUT2D eigenvalue weighted by molar-refractivity contribution is 5.54. The van der Waals surface area contributed by atoms with Gasteiger partial charge < -0.3 is 14.7 Å². The summed E-state index contributed by atoms with van der Waals surface area (Å²) >= 11 is 0. The van der Waals surface area contributed by atoms with Gasteiger partial charge in [0, 0.05) is 12.0 Å². The van der Waals surface area contributed by atoms with Gasteiger partial charge in [-0.25, -0.2) is 0 Å². The van der Waals surface area contributed by atoms with Crippen LogP contribution in [0.15, 0.2) is 6.07 Å². The molecular weight excluding hydrogens is 254 g/mol. The summed E-state index contributed by atoms with van der Waals surface area (Å²) in [4.78, 5) is 5.41. The largest absolute Gasteiger partial charge is 0.508 e. The van der Waals surface area contributed by atoms with E-state index in [4.69, 9.17) is 9.57 Å². The van der Waals surface area contributed by atoms with Crippen LogP contribution >= 0.6 is 0 Å². The van der Waals surface area contributed by atoms with E-state index in [-0.39, 0.29) is 11.6 Å². The van der Waals surface area contributed by atoms with Gasteiger partial charge in [0.1, 0.15) is 17.1 Å². The molecule has 0 bridgehead atoms. The molecule has 1 aliphatic carbocycles. The van der Waals surface area contributed by atoms with E-state index in [1.54, 1.807) is 0 Å². The Bertz CT molecular complexity index is 523. The van der Waals surface area contributed by atoms with E-state index in [9.17, 15) is 5.11 Å². The summed E-state index contributed by atoms with van der Waals surface area (Å²) in [6.45, 7) is 6.53. The minimum absolute atomic E-state index is 0.0318. The number of benzene rings is 1. The van der Waals surface area contributed by atoms with Gasteiger partial charge in [0.15, 0.2) is 0 Å². The van der Waals surface area contributed by atoms with Gasteiger partial charge in [-0.2, -0.15) is 5.48 Å². The maximum Gasteiger partial charge on any atom is 0.128 e. The molecule has 1 aliphatic heterocycles. The van der Waals surface area contributed by atoms with Crippen LogP contribution < -0.4 is 10.2 Å². The predicted octanol–water partition coefficient (Wildman–Crippen LogP) is 3.30. The van der Waals surface area contributed by atoms with E-state index in [2.05, 4.69) is 5.48 Å². The number of ether oxygens (including phenoxy) is 1. The third-order valence-electron chi connectivity index (χ3n) is 4.75. The molecule has 0 amide bonds. The smallest absolute Gasteiger partial charge is 0.128 e. The van der Waals surface area contributed by atoms with Crippen LogP contribution in [0.3, 0.4) is 0 Å². The van der Waals surface area contributed by atoms with E-state index >= 15 is 0 Å². The molecular formula is C16H23NO3. The molecule has 1 saturated carbocycles. The molecule has 1 aromatic carbocycles. The van der Waals surface area contributed by atoms with Crippen LogP contribution in [0.4, 0.5) is 0 Å². The van der Waals surface area contributed by atoms with Crippen LogP contribution in [-0.4, -0.2) is 17.3 Å². The van der Waals surface area contributed by atoms with Gasteiger partial charge in [0.2, 0.25) is 0 Å². The SMILES string of the molecule is CCONC1CC2(CCC2)Oc2c1cc(O)c(C)c2C. The molecule has 20 heavy (non-hydrogen) atoms. The van der Waals surface area contributed by atoms with Gasteiger partial charge in [0.05, 0.1) is 12.6 Å². The molecule has 3 rings (SSSR count). The molecule has 1 fully saturated rings. The Hall–Kier alpha value is -1.26. The maximum absolute atomic E-state index is 10.1. The van der Waals surface area contributed by atoms with Crippen molar-refractivity contribution in [1.82, 2.24) is 5.48 Å². The van der Waals surface area contributed by atoms with Crippen molar-refractivity contribution in [2.75, 3.05) is 6.61 Å². The summed E-state index contributed by atoms with van der Waals surface area (Å²) in [5.74, 6) is 1.26. The molecule has 2 aliphatic rings. The number of hydrogen-bond donors (Lipinski definition) is 2. The van der Waals surface area contributed by atoms with Gasteiger partial charge in [0.25, 0.3) is 0 Å². The minimum atomic E-state index is -0.0318. The number of fused-ring (bicyclic) bond motifs is 1. The maximum atomic E-state index is 10.1. The third kappa shape index (κ3) is 2.07. The highest BCUT2D eigenvalue weighted by Gasteiger charge is 2.46. The van der Waals surface area contributed by atoms with Crippen molar-refractivity contribution < 1.29 is 14.7 Å². The highest BCUT2D eigenvalue weighted by Crippen LogP contribution is 2.51. The lowest BCUT2D eigenvalue weighted by Gasteiger charge is -2.48. The van der Waals surface area contributed by atoms with Gasteiger partial charge in [-0.05, 0) is 57.2 Å². The third-order valence-corrected chi connectivity index (χ3v) is 4.75. The zero-order valence-corrected chi connectivity index (χ0v) is 12.5. The Morgan fingerprint density at radius 2 is 2.15 bits per heavy atom. The van der Waals surface area contributed by atoms with E-state index in [1.165, 1.54) is 6.42 Å². The molecule has 1 aromatic rings. The fraction of sp³-hybridized carbons (Fsp3) is 0.625. The van der Waals surface area contributed by atoms with Crippen LogP contribution in [-0.2, 0) is 4.84 Å². The molecule has 0 radical (unpaired) electrons. The van der Waals surface area contributed by atoms with Crippen molar-refractivity contribution in [2.45, 2.75) is 58.1 Å². The van der Waals surface area contributed by atoms with Gasteiger partial charge in [-0.15, -0.1) is 0 Å². The fourth-order valence-corrected chi connectivity index (χ4v) is 3.20. The summed E-state index contributed by atoms with van der Waals surface area (Å²) in [5.41, 5.74) is 6.05. The van der Waals surface area contributed by atoms with E-state index in [1.807, 2.05) is 26.8 Å². The Balaban J connectivity index is 2.02. The molecule has 1 spiro atoms. The Morgan fingerprint density at radius 1 is 1.40 bits per heavy atom. The Labute approximate surface area is 120 Å². The van der Waals surface area contributed by atoms with Crippen molar-refractivity contribution in [1.29, 1.82) is 0 Å². The van der Waals surface area contributed by atoms with E-state index < -0.39 is 0 Å². The molecule has 4 heteroatoms. The van der Waals surface area contributed by atoms with Crippen molar-refractivity contribution in [2.24, 2.45) is 0 Å². The lowest BCUT2D eigenvalue weighted by Crippen LogP contribution is -2.49. The average Bonchev–Trinajstić information content (AvgIpc) is 2.41. The van der Waals surface area contributed by atoms with Gasteiger partial charge in [-0.1, -0.05) is 0 Å². The molecule has 1 atom stereocenters. The van der Waals surface area contributed by atoms with Crippen LogP contribution in [0.5, 0.6) is 11.5 Å². The highest BCUT2D eigenvalue weighted by atomic mass is 16.6. The zero-order valence-electron chi connectivity index (χ0n) is 12.5. The second kappa shape index (κ2) is 4.93. The Morgan fingerprint density at radius 3 is 2.75 bits per heavy atom. The average molecular weight is 277 g/mol. The molecule has 0 aromatic heterocycles. The van der Waals surface area contributed by atoms with Crippen LogP contribution in [0.1, 0.15) is 55.3 Å². The molecule has 1 unspecified atom stereocenters. The molecule has 1 heterocycles. The fourth-order valence-electron chi connectivity index (χ4n) is 3.20. The van der Waals surface area contributed by atoms with Crippen molar-refractivity contribution >= 4 is 0 Å². The monoisotopic (exact) mass is 277 g/mol. The minimum Gasteiger partial charge on any atom is -0.508 e. The first-order valence-electron chi connectivity index (χ1n) is 7.46. The number of phenols is 1. The van der Waals surface area contributed by atoms with E-state index in [0.717, 1.165) is 41.7 Å². The van der Waals surface area contributed by atoms with Crippen molar-refractivity contribution in [3.05, 3.63) is 22.8 Å². The quantitative estimate of drug-likeness (QED) is 0.832. The van der Waals surface area contributed by atoms with Crippen LogP contribution in [0.25, 0.3) is 0 Å². The normalized spacial score (nSPS) is 23.1. The first-order chi connectivity index (χ1) is 9.56.